The number of carbonyl (C=O) groups is 2. The summed E-state index contributed by atoms with van der Waals surface area (Å²) >= 11 is 0. The Morgan fingerprint density at radius 2 is 1.71 bits per heavy atom. The number of esters is 1. The molecule has 0 aromatic rings. The van der Waals surface area contributed by atoms with Crippen LogP contribution in [0.25, 0.3) is 0 Å². The van der Waals surface area contributed by atoms with E-state index in [-0.39, 0.29) is 0 Å². The molecule has 1 N–H and O–H groups in total. The van der Waals surface area contributed by atoms with Crippen LogP contribution in [0.1, 0.15) is 0 Å². The fraction of sp³-hybridized carbons (Fsp3) is 0.667. The molecule has 0 aromatic carbocycles. The van der Waals surface area contributed by atoms with E-state index in [0.29, 0.717) is 0 Å². The maximum atomic E-state index is 11.5. The molecule has 0 rings (SSSR count). The number of hydrogen-bond donors (Lipinski definition) is 1. The lowest BCUT2D eigenvalue weighted by Crippen LogP contribution is -2.28. The summed E-state index contributed by atoms with van der Waals surface area (Å²) in [5, 5.41) is 2.06. The minimum atomic E-state index is -5.02. The Hall–Kier alpha value is -1.47. The van der Waals surface area contributed by atoms with Crippen molar-refractivity contribution in [3.05, 3.63) is 0 Å². The molecule has 0 aliphatic heterocycles. The smallest absolute Gasteiger partial charge is 0.455 e. The van der Waals surface area contributed by atoms with Gasteiger partial charge < -0.3 is 14.8 Å². The van der Waals surface area contributed by atoms with Crippen molar-refractivity contribution < 1.29 is 32.2 Å². The summed E-state index contributed by atoms with van der Waals surface area (Å²) in [6.07, 6.45) is -5.83. The standard InChI is InChI=1S/C6H8F3NO4/c1-10-5(12)14-3-2-13-4(11)6(7,8)9/h2-3H2,1H3,(H,10,12). The van der Waals surface area contributed by atoms with Crippen LogP contribution >= 0.6 is 0 Å². The molecule has 82 valence electrons. The van der Waals surface area contributed by atoms with Gasteiger partial charge in [0.15, 0.2) is 0 Å². The van der Waals surface area contributed by atoms with Crippen LogP contribution in [0, 0.1) is 0 Å². The predicted octanol–water partition coefficient (Wildman–Crippen LogP) is 0.448. The number of ether oxygens (including phenoxy) is 2. The van der Waals surface area contributed by atoms with E-state index in [0.717, 1.165) is 0 Å². The van der Waals surface area contributed by atoms with Gasteiger partial charge in [-0.15, -0.1) is 0 Å². The van der Waals surface area contributed by atoms with Gasteiger partial charge in [0.2, 0.25) is 0 Å². The largest absolute Gasteiger partial charge is 0.490 e. The molecule has 1 amide bonds. The average Bonchev–Trinajstić information content (AvgIpc) is 2.09. The van der Waals surface area contributed by atoms with Gasteiger partial charge in [-0.1, -0.05) is 0 Å². The van der Waals surface area contributed by atoms with Crippen LogP contribution in [0.4, 0.5) is 18.0 Å². The molecular weight excluding hydrogens is 207 g/mol. The second kappa shape index (κ2) is 5.30. The normalized spacial score (nSPS) is 10.6. The third kappa shape index (κ3) is 5.22. The summed E-state index contributed by atoms with van der Waals surface area (Å²) in [5.74, 6) is -2.31. The maximum absolute atomic E-state index is 11.5. The van der Waals surface area contributed by atoms with Crippen LogP contribution in [0.2, 0.25) is 0 Å². The summed E-state index contributed by atoms with van der Waals surface area (Å²) in [4.78, 5) is 20.4. The van der Waals surface area contributed by atoms with Crippen molar-refractivity contribution in [1.29, 1.82) is 0 Å². The highest BCUT2D eigenvalue weighted by Crippen LogP contribution is 2.15. The highest BCUT2D eigenvalue weighted by Gasteiger charge is 2.40. The third-order valence-electron chi connectivity index (χ3n) is 0.985. The zero-order valence-corrected chi connectivity index (χ0v) is 7.18. The van der Waals surface area contributed by atoms with Crippen molar-refractivity contribution in [2.24, 2.45) is 0 Å². The number of rotatable bonds is 3. The average molecular weight is 215 g/mol. The third-order valence-corrected chi connectivity index (χ3v) is 0.985. The van der Waals surface area contributed by atoms with E-state index >= 15 is 0 Å². The number of hydrogen-bond acceptors (Lipinski definition) is 4. The summed E-state index contributed by atoms with van der Waals surface area (Å²) in [5.41, 5.74) is 0. The van der Waals surface area contributed by atoms with Gasteiger partial charge in [0, 0.05) is 7.05 Å². The molecule has 0 saturated heterocycles. The van der Waals surface area contributed by atoms with E-state index in [9.17, 15) is 22.8 Å². The lowest BCUT2D eigenvalue weighted by molar-refractivity contribution is -0.200. The van der Waals surface area contributed by atoms with Crippen LogP contribution in [0.3, 0.4) is 0 Å². The molecule has 0 aliphatic rings. The first-order valence-corrected chi connectivity index (χ1v) is 3.46. The first kappa shape index (κ1) is 12.5. The van der Waals surface area contributed by atoms with Crippen molar-refractivity contribution in [3.8, 4) is 0 Å². The molecule has 0 heterocycles. The van der Waals surface area contributed by atoms with Gasteiger partial charge in [-0.3, -0.25) is 0 Å². The second-order valence-corrected chi connectivity index (χ2v) is 2.02. The Bertz CT molecular complexity index is 216. The van der Waals surface area contributed by atoms with Crippen LogP contribution in [-0.4, -0.2) is 38.5 Å². The molecule has 0 atom stereocenters. The molecule has 0 spiro atoms. The fourth-order valence-corrected chi connectivity index (χ4v) is 0.423. The lowest BCUT2D eigenvalue weighted by Gasteiger charge is -2.07. The van der Waals surface area contributed by atoms with Crippen LogP contribution in [0.5, 0.6) is 0 Å². The quantitative estimate of drug-likeness (QED) is 0.548. The molecule has 0 radical (unpaired) electrons. The Labute approximate surface area is 77.2 Å². The van der Waals surface area contributed by atoms with Gasteiger partial charge in [-0.05, 0) is 0 Å². The van der Waals surface area contributed by atoms with Gasteiger partial charge in [0.05, 0.1) is 0 Å². The number of nitrogens with one attached hydrogen (secondary N) is 1. The SMILES string of the molecule is CNC(=O)OCCOC(=O)C(F)(F)F. The van der Waals surface area contributed by atoms with Crippen molar-refractivity contribution >= 4 is 12.1 Å². The van der Waals surface area contributed by atoms with Crippen molar-refractivity contribution in [3.63, 3.8) is 0 Å². The molecule has 0 bridgehead atoms. The van der Waals surface area contributed by atoms with Gasteiger partial charge in [0.25, 0.3) is 0 Å². The van der Waals surface area contributed by atoms with E-state index in [1.165, 1.54) is 7.05 Å². The second-order valence-electron chi connectivity index (χ2n) is 2.02. The minimum Gasteiger partial charge on any atom is -0.455 e. The van der Waals surface area contributed by atoms with E-state index in [4.69, 9.17) is 0 Å². The van der Waals surface area contributed by atoms with Gasteiger partial charge >= 0.3 is 18.2 Å². The molecule has 0 aromatic heterocycles. The Kier molecular flexibility index (Phi) is 4.74. The molecule has 14 heavy (non-hydrogen) atoms. The first-order chi connectivity index (χ1) is 6.38. The summed E-state index contributed by atoms with van der Waals surface area (Å²) in [6.45, 7) is -1.06. The van der Waals surface area contributed by atoms with E-state index in [1.54, 1.807) is 0 Å². The zero-order chi connectivity index (χ0) is 11.2. The van der Waals surface area contributed by atoms with E-state index < -0.39 is 31.5 Å². The molecule has 0 unspecified atom stereocenters. The number of halogens is 3. The fourth-order valence-electron chi connectivity index (χ4n) is 0.423. The van der Waals surface area contributed by atoms with Crippen molar-refractivity contribution in [2.45, 2.75) is 6.18 Å². The molecule has 8 heteroatoms. The highest BCUT2D eigenvalue weighted by molar-refractivity contribution is 5.75. The highest BCUT2D eigenvalue weighted by atomic mass is 19.4. The Balaban J connectivity index is 3.56. The Morgan fingerprint density at radius 1 is 1.21 bits per heavy atom. The lowest BCUT2D eigenvalue weighted by atomic mass is 10.6. The number of alkyl carbamates (subject to hydrolysis) is 1. The van der Waals surface area contributed by atoms with Crippen LogP contribution in [0.15, 0.2) is 0 Å². The molecule has 0 saturated carbocycles. The molecular formula is C6H8F3NO4. The number of amides is 1. The predicted molar refractivity (Wildman–Crippen MR) is 37.4 cm³/mol. The van der Waals surface area contributed by atoms with Crippen molar-refractivity contribution in [1.82, 2.24) is 5.32 Å². The summed E-state index contributed by atoms with van der Waals surface area (Å²) < 4.78 is 42.5. The molecule has 0 fully saturated rings. The monoisotopic (exact) mass is 215 g/mol. The zero-order valence-electron chi connectivity index (χ0n) is 7.18. The first-order valence-electron chi connectivity index (χ1n) is 3.46. The van der Waals surface area contributed by atoms with Crippen LogP contribution < -0.4 is 5.32 Å². The topological polar surface area (TPSA) is 64.6 Å². The van der Waals surface area contributed by atoms with Gasteiger partial charge in [-0.25, -0.2) is 9.59 Å². The van der Waals surface area contributed by atoms with E-state index in [2.05, 4.69) is 14.8 Å². The van der Waals surface area contributed by atoms with Gasteiger partial charge in [0.1, 0.15) is 13.2 Å². The van der Waals surface area contributed by atoms with Crippen LogP contribution in [-0.2, 0) is 14.3 Å². The van der Waals surface area contributed by atoms with Crippen molar-refractivity contribution in [2.75, 3.05) is 20.3 Å². The summed E-state index contributed by atoms with van der Waals surface area (Å²) in [7, 11) is 1.28. The summed E-state index contributed by atoms with van der Waals surface area (Å²) in [6, 6.07) is 0. The molecule has 0 aliphatic carbocycles. The number of alkyl halides is 3. The van der Waals surface area contributed by atoms with E-state index in [1.807, 2.05) is 0 Å². The maximum Gasteiger partial charge on any atom is 0.490 e. The number of carbonyl (C=O) groups excluding carboxylic acids is 2. The minimum absolute atomic E-state index is 0.429. The Morgan fingerprint density at radius 3 is 2.14 bits per heavy atom. The van der Waals surface area contributed by atoms with Gasteiger partial charge in [-0.2, -0.15) is 13.2 Å². The molecule has 5 nitrogen and oxygen atoms in total.